The van der Waals surface area contributed by atoms with Crippen LogP contribution in [-0.2, 0) is 14.3 Å². The quantitative estimate of drug-likeness (QED) is 0.332. The van der Waals surface area contributed by atoms with E-state index >= 15 is 0 Å². The lowest BCUT2D eigenvalue weighted by Crippen LogP contribution is -2.35. The maximum absolute atomic E-state index is 13.2. The molecule has 3 rings (SSSR count). The number of phenols is 1. The first kappa shape index (κ1) is 21.8. The molecule has 0 unspecified atom stereocenters. The standard InChI is InChI=1S/C19H13Br2ClN2O4S/c1-28-16(25)9-23-15(8-10-6-13(20)17(26)14(21)7-10)18(27)24(19(23)29)12-4-2-11(22)3-5-12/h2-8,26H,9H2,1H3/b15-8-. The summed E-state index contributed by atoms with van der Waals surface area (Å²) in [7, 11) is 1.26. The van der Waals surface area contributed by atoms with Gasteiger partial charge in [0.2, 0.25) is 0 Å². The summed E-state index contributed by atoms with van der Waals surface area (Å²) >= 11 is 17.9. The maximum atomic E-state index is 13.2. The largest absolute Gasteiger partial charge is 0.506 e. The molecule has 0 spiro atoms. The number of methoxy groups -OCH3 is 1. The van der Waals surface area contributed by atoms with Crippen molar-refractivity contribution < 1.29 is 19.4 Å². The molecular formula is C19H13Br2ClN2O4S. The van der Waals surface area contributed by atoms with E-state index in [4.69, 9.17) is 28.6 Å². The Labute approximate surface area is 193 Å². The first-order chi connectivity index (χ1) is 13.7. The van der Waals surface area contributed by atoms with Crippen molar-refractivity contribution in [1.82, 2.24) is 4.90 Å². The number of phenolic OH excluding ortho intramolecular Hbond substituents is 1. The van der Waals surface area contributed by atoms with Crippen LogP contribution in [0.4, 0.5) is 5.69 Å². The Bertz CT molecular complexity index is 1020. The van der Waals surface area contributed by atoms with E-state index in [-0.39, 0.29) is 23.1 Å². The van der Waals surface area contributed by atoms with E-state index < -0.39 is 11.9 Å². The zero-order chi connectivity index (χ0) is 21.3. The summed E-state index contributed by atoms with van der Waals surface area (Å²) in [4.78, 5) is 27.8. The monoisotopic (exact) mass is 558 g/mol. The Morgan fingerprint density at radius 3 is 2.38 bits per heavy atom. The van der Waals surface area contributed by atoms with E-state index in [1.54, 1.807) is 42.5 Å². The normalized spacial score (nSPS) is 15.4. The van der Waals surface area contributed by atoms with Gasteiger partial charge in [-0.05, 0) is 92.1 Å². The molecule has 1 saturated heterocycles. The van der Waals surface area contributed by atoms with Crippen molar-refractivity contribution in [3.63, 3.8) is 0 Å². The zero-order valence-electron chi connectivity index (χ0n) is 14.9. The molecule has 0 radical (unpaired) electrons. The SMILES string of the molecule is COC(=O)CN1C(=S)N(c2ccc(Cl)cc2)C(=O)/C1=C/c1cc(Br)c(O)c(Br)c1. The molecule has 2 aromatic carbocycles. The van der Waals surface area contributed by atoms with E-state index in [1.165, 1.54) is 16.9 Å². The number of benzene rings is 2. The van der Waals surface area contributed by atoms with Gasteiger partial charge in [0.25, 0.3) is 5.91 Å². The molecule has 0 atom stereocenters. The highest BCUT2D eigenvalue weighted by Crippen LogP contribution is 2.35. The second-order valence-electron chi connectivity index (χ2n) is 5.92. The average molecular weight is 561 g/mol. The number of esters is 1. The van der Waals surface area contributed by atoms with Crippen LogP contribution < -0.4 is 4.90 Å². The number of halogens is 3. The molecule has 0 saturated carbocycles. The lowest BCUT2D eigenvalue weighted by Gasteiger charge is -2.19. The minimum Gasteiger partial charge on any atom is -0.506 e. The molecule has 10 heteroatoms. The molecule has 0 aromatic heterocycles. The average Bonchev–Trinajstić information content (AvgIpc) is 2.90. The summed E-state index contributed by atoms with van der Waals surface area (Å²) in [6.07, 6.45) is 1.59. The Balaban J connectivity index is 2.08. The van der Waals surface area contributed by atoms with Crippen molar-refractivity contribution in [3.05, 3.63) is 61.6 Å². The van der Waals surface area contributed by atoms with E-state index in [0.717, 1.165) is 0 Å². The molecule has 1 aliphatic heterocycles. The predicted molar refractivity (Wildman–Crippen MR) is 122 cm³/mol. The lowest BCUT2D eigenvalue weighted by molar-refractivity contribution is -0.140. The summed E-state index contributed by atoms with van der Waals surface area (Å²) in [6, 6.07) is 9.91. The van der Waals surface area contributed by atoms with Crippen molar-refractivity contribution in [2.75, 3.05) is 18.6 Å². The van der Waals surface area contributed by atoms with E-state index in [9.17, 15) is 14.7 Å². The molecule has 2 aromatic rings. The second-order valence-corrected chi connectivity index (χ2v) is 8.43. The number of anilines is 1. The van der Waals surface area contributed by atoms with Crippen molar-refractivity contribution >= 4 is 84.4 Å². The number of carbonyl (C=O) groups is 2. The van der Waals surface area contributed by atoms with Crippen molar-refractivity contribution in [2.45, 2.75) is 0 Å². The van der Waals surface area contributed by atoms with Crippen LogP contribution in [0.15, 0.2) is 51.0 Å². The van der Waals surface area contributed by atoms with Crippen LogP contribution >= 0.6 is 55.7 Å². The van der Waals surface area contributed by atoms with E-state index in [2.05, 4.69) is 31.9 Å². The third kappa shape index (κ3) is 4.48. The van der Waals surface area contributed by atoms with Gasteiger partial charge in [0.1, 0.15) is 18.0 Å². The Kier molecular flexibility index (Phi) is 6.62. The summed E-state index contributed by atoms with van der Waals surface area (Å²) in [5.74, 6) is -0.909. The van der Waals surface area contributed by atoms with Gasteiger partial charge in [-0.15, -0.1) is 0 Å². The van der Waals surface area contributed by atoms with Crippen LogP contribution in [0, 0.1) is 0 Å². The number of hydrogen-bond acceptors (Lipinski definition) is 5. The summed E-state index contributed by atoms with van der Waals surface area (Å²) in [5, 5.41) is 10.6. The lowest BCUT2D eigenvalue weighted by atomic mass is 10.1. The van der Waals surface area contributed by atoms with Gasteiger partial charge in [-0.25, -0.2) is 0 Å². The first-order valence-electron chi connectivity index (χ1n) is 8.11. The van der Waals surface area contributed by atoms with Crippen LogP contribution in [0.5, 0.6) is 5.75 Å². The highest BCUT2D eigenvalue weighted by Gasteiger charge is 2.40. The van der Waals surface area contributed by atoms with E-state index in [0.29, 0.717) is 25.2 Å². The highest BCUT2D eigenvalue weighted by atomic mass is 79.9. The number of thiocarbonyl (C=S) groups is 1. The maximum Gasteiger partial charge on any atom is 0.325 e. The number of nitrogens with zero attached hydrogens (tertiary/aromatic N) is 2. The number of amides is 1. The smallest absolute Gasteiger partial charge is 0.325 e. The van der Waals surface area contributed by atoms with Crippen LogP contribution in [0.1, 0.15) is 5.56 Å². The zero-order valence-corrected chi connectivity index (χ0v) is 19.6. The molecule has 150 valence electrons. The molecule has 1 fully saturated rings. The van der Waals surface area contributed by atoms with Gasteiger partial charge in [0, 0.05) is 5.02 Å². The molecule has 0 bridgehead atoms. The van der Waals surface area contributed by atoms with Crippen LogP contribution in [0.3, 0.4) is 0 Å². The van der Waals surface area contributed by atoms with Gasteiger partial charge < -0.3 is 14.7 Å². The summed E-state index contributed by atoms with van der Waals surface area (Å²) < 4.78 is 5.63. The molecule has 6 nitrogen and oxygen atoms in total. The van der Waals surface area contributed by atoms with Crippen LogP contribution in [0.25, 0.3) is 6.08 Å². The van der Waals surface area contributed by atoms with Gasteiger partial charge in [-0.1, -0.05) is 11.6 Å². The topological polar surface area (TPSA) is 70.1 Å². The fraction of sp³-hybridized carbons (Fsp3) is 0.105. The van der Waals surface area contributed by atoms with Gasteiger partial charge in [-0.2, -0.15) is 0 Å². The fourth-order valence-electron chi connectivity index (χ4n) is 2.67. The molecular weight excluding hydrogens is 548 g/mol. The minimum absolute atomic E-state index is 0.0367. The van der Waals surface area contributed by atoms with Gasteiger partial charge in [-0.3, -0.25) is 14.5 Å². The number of ether oxygens (including phenoxy) is 1. The van der Waals surface area contributed by atoms with Gasteiger partial charge >= 0.3 is 5.97 Å². The minimum atomic E-state index is -0.544. The Morgan fingerprint density at radius 1 is 1.24 bits per heavy atom. The molecule has 1 N–H and O–H groups in total. The highest BCUT2D eigenvalue weighted by molar-refractivity contribution is 9.11. The summed E-state index contributed by atoms with van der Waals surface area (Å²) in [6.45, 7) is -0.225. The molecule has 1 heterocycles. The summed E-state index contributed by atoms with van der Waals surface area (Å²) in [5.41, 5.74) is 1.33. The fourth-order valence-corrected chi connectivity index (χ4v) is 4.37. The van der Waals surface area contributed by atoms with Crippen molar-refractivity contribution in [1.29, 1.82) is 0 Å². The number of hydrogen-bond donors (Lipinski definition) is 1. The molecule has 1 aliphatic rings. The van der Waals surface area contributed by atoms with Crippen LogP contribution in [0.2, 0.25) is 5.02 Å². The molecule has 29 heavy (non-hydrogen) atoms. The third-order valence-corrected chi connectivity index (χ3v) is 5.94. The van der Waals surface area contributed by atoms with Crippen molar-refractivity contribution in [2.24, 2.45) is 0 Å². The number of aromatic hydroxyl groups is 1. The molecule has 0 aliphatic carbocycles. The molecule has 1 amide bonds. The number of carbonyl (C=O) groups excluding carboxylic acids is 2. The first-order valence-corrected chi connectivity index (χ1v) is 10.5. The van der Waals surface area contributed by atoms with Gasteiger partial charge in [0.05, 0.1) is 21.7 Å². The second kappa shape index (κ2) is 8.83. The number of rotatable bonds is 4. The Morgan fingerprint density at radius 2 is 1.83 bits per heavy atom. The van der Waals surface area contributed by atoms with E-state index in [1.807, 2.05) is 0 Å². The van der Waals surface area contributed by atoms with Gasteiger partial charge in [0.15, 0.2) is 5.11 Å². The Hall–Kier alpha value is -1.94. The third-order valence-electron chi connectivity index (χ3n) is 4.08. The predicted octanol–water partition coefficient (Wildman–Crippen LogP) is 4.72. The van der Waals surface area contributed by atoms with Crippen LogP contribution in [-0.4, -0.2) is 40.6 Å². The van der Waals surface area contributed by atoms with Crippen molar-refractivity contribution in [3.8, 4) is 5.75 Å².